The maximum absolute atomic E-state index is 5.62. The standard InChI is InChI=1S/C19H19N7OS/c1-12-10-27-7-6-26(12)18-17-16(15(11-28-17)13-2-4-20-5-3-13)24-19(25-18)23-14-8-21-22-9-14/h2-5,8-9,11-12H,6-7,10H2,1H3,(H,21,22)(H,23,24,25)/t12-/m1/s1. The van der Waals surface area contributed by atoms with Crippen molar-refractivity contribution in [1.82, 2.24) is 25.1 Å². The van der Waals surface area contributed by atoms with Gasteiger partial charge in [-0.25, -0.2) is 4.98 Å². The normalized spacial score (nSPS) is 17.2. The molecule has 0 bridgehead atoms. The van der Waals surface area contributed by atoms with Crippen LogP contribution in [0, 0.1) is 0 Å². The number of thiophene rings is 1. The maximum Gasteiger partial charge on any atom is 0.229 e. The van der Waals surface area contributed by atoms with E-state index in [9.17, 15) is 0 Å². The van der Waals surface area contributed by atoms with Gasteiger partial charge < -0.3 is 15.0 Å². The van der Waals surface area contributed by atoms with E-state index in [4.69, 9.17) is 14.7 Å². The fraction of sp³-hybridized carbons (Fsp3) is 0.263. The quantitative estimate of drug-likeness (QED) is 0.549. The van der Waals surface area contributed by atoms with Crippen molar-refractivity contribution in [3.8, 4) is 11.1 Å². The van der Waals surface area contributed by atoms with Crippen LogP contribution in [0.2, 0.25) is 0 Å². The molecule has 1 aliphatic rings. The van der Waals surface area contributed by atoms with Crippen molar-refractivity contribution in [2.45, 2.75) is 13.0 Å². The monoisotopic (exact) mass is 393 g/mol. The van der Waals surface area contributed by atoms with Crippen molar-refractivity contribution in [2.75, 3.05) is 30.0 Å². The minimum Gasteiger partial charge on any atom is -0.377 e. The number of H-pyrrole nitrogens is 1. The zero-order valence-electron chi connectivity index (χ0n) is 15.3. The van der Waals surface area contributed by atoms with Crippen molar-refractivity contribution < 1.29 is 4.74 Å². The van der Waals surface area contributed by atoms with E-state index in [1.165, 1.54) is 0 Å². The highest BCUT2D eigenvalue weighted by molar-refractivity contribution is 7.18. The summed E-state index contributed by atoms with van der Waals surface area (Å²) in [5.74, 6) is 1.49. The van der Waals surface area contributed by atoms with E-state index in [2.05, 4.69) is 37.7 Å². The van der Waals surface area contributed by atoms with Crippen molar-refractivity contribution in [2.24, 2.45) is 0 Å². The second-order valence-electron chi connectivity index (χ2n) is 6.66. The van der Waals surface area contributed by atoms with E-state index in [-0.39, 0.29) is 6.04 Å². The average Bonchev–Trinajstić information content (AvgIpc) is 3.38. The van der Waals surface area contributed by atoms with Crippen LogP contribution in [0.5, 0.6) is 0 Å². The van der Waals surface area contributed by atoms with E-state index >= 15 is 0 Å². The number of aromatic nitrogens is 5. The molecule has 0 unspecified atom stereocenters. The lowest BCUT2D eigenvalue weighted by Crippen LogP contribution is -2.44. The zero-order valence-corrected chi connectivity index (χ0v) is 16.1. The predicted molar refractivity (Wildman–Crippen MR) is 110 cm³/mol. The predicted octanol–water partition coefficient (Wildman–Crippen LogP) is 3.45. The van der Waals surface area contributed by atoms with Gasteiger partial charge >= 0.3 is 0 Å². The Morgan fingerprint density at radius 2 is 2.18 bits per heavy atom. The Bertz CT molecular complexity index is 1080. The third-order valence-electron chi connectivity index (χ3n) is 4.78. The summed E-state index contributed by atoms with van der Waals surface area (Å²) in [6.07, 6.45) is 7.09. The minimum absolute atomic E-state index is 0.250. The number of ether oxygens (including phenoxy) is 1. The van der Waals surface area contributed by atoms with Crippen molar-refractivity contribution in [3.63, 3.8) is 0 Å². The Morgan fingerprint density at radius 3 is 2.96 bits per heavy atom. The molecule has 1 aliphatic heterocycles. The van der Waals surface area contributed by atoms with Gasteiger partial charge in [-0.1, -0.05) is 0 Å². The highest BCUT2D eigenvalue weighted by Crippen LogP contribution is 2.39. The molecule has 1 saturated heterocycles. The molecule has 28 heavy (non-hydrogen) atoms. The van der Waals surface area contributed by atoms with Gasteiger partial charge in [-0.15, -0.1) is 11.3 Å². The molecule has 4 aromatic heterocycles. The van der Waals surface area contributed by atoms with E-state index < -0.39 is 0 Å². The first-order valence-corrected chi connectivity index (χ1v) is 9.97. The van der Waals surface area contributed by atoms with Crippen molar-refractivity contribution in [3.05, 3.63) is 42.3 Å². The molecule has 5 heterocycles. The molecular weight excluding hydrogens is 374 g/mol. The van der Waals surface area contributed by atoms with Gasteiger partial charge in [0.1, 0.15) is 0 Å². The summed E-state index contributed by atoms with van der Waals surface area (Å²) < 4.78 is 6.70. The molecule has 0 spiro atoms. The Kier molecular flexibility index (Phi) is 4.38. The van der Waals surface area contributed by atoms with Crippen molar-refractivity contribution >= 4 is 39.0 Å². The number of pyridine rings is 1. The zero-order chi connectivity index (χ0) is 18.9. The van der Waals surface area contributed by atoms with Gasteiger partial charge in [0.05, 0.1) is 41.4 Å². The van der Waals surface area contributed by atoms with Crippen LogP contribution in [0.25, 0.3) is 21.3 Å². The summed E-state index contributed by atoms with van der Waals surface area (Å²) in [7, 11) is 0. The first-order valence-electron chi connectivity index (χ1n) is 9.09. The molecule has 8 nitrogen and oxygen atoms in total. The second kappa shape index (κ2) is 7.17. The minimum atomic E-state index is 0.250. The molecule has 0 radical (unpaired) electrons. The smallest absolute Gasteiger partial charge is 0.229 e. The Morgan fingerprint density at radius 1 is 1.29 bits per heavy atom. The molecule has 0 amide bonds. The molecule has 4 aromatic rings. The fourth-order valence-corrected chi connectivity index (χ4v) is 4.40. The van der Waals surface area contributed by atoms with Gasteiger partial charge in [0, 0.05) is 36.1 Å². The molecule has 1 atom stereocenters. The van der Waals surface area contributed by atoms with Crippen LogP contribution in [0.15, 0.2) is 42.3 Å². The Hall–Kier alpha value is -3.04. The van der Waals surface area contributed by atoms with E-state index in [1.807, 2.05) is 12.1 Å². The molecule has 142 valence electrons. The summed E-state index contributed by atoms with van der Waals surface area (Å²) in [4.78, 5) is 16.1. The van der Waals surface area contributed by atoms with Gasteiger partial charge in [0.15, 0.2) is 5.82 Å². The summed E-state index contributed by atoms with van der Waals surface area (Å²) in [5.41, 5.74) is 3.93. The number of fused-ring (bicyclic) bond motifs is 1. The lowest BCUT2D eigenvalue weighted by Gasteiger charge is -2.34. The summed E-state index contributed by atoms with van der Waals surface area (Å²) in [6.45, 7) is 4.36. The van der Waals surface area contributed by atoms with Crippen LogP contribution >= 0.6 is 11.3 Å². The molecule has 0 aromatic carbocycles. The number of rotatable bonds is 4. The van der Waals surface area contributed by atoms with Gasteiger partial charge in [0.2, 0.25) is 5.95 Å². The van der Waals surface area contributed by atoms with Crippen molar-refractivity contribution in [1.29, 1.82) is 0 Å². The van der Waals surface area contributed by atoms with Crippen LogP contribution in [0.4, 0.5) is 17.5 Å². The number of aromatic amines is 1. The maximum atomic E-state index is 5.62. The number of morpholine rings is 1. The summed E-state index contributed by atoms with van der Waals surface area (Å²) in [5, 5.41) is 12.2. The van der Waals surface area contributed by atoms with E-state index in [0.29, 0.717) is 19.2 Å². The largest absolute Gasteiger partial charge is 0.377 e. The highest BCUT2D eigenvalue weighted by Gasteiger charge is 2.25. The molecule has 0 saturated carbocycles. The summed E-state index contributed by atoms with van der Waals surface area (Å²) in [6, 6.07) is 4.26. The lowest BCUT2D eigenvalue weighted by molar-refractivity contribution is 0.0987. The van der Waals surface area contributed by atoms with Gasteiger partial charge in [0.25, 0.3) is 0 Å². The van der Waals surface area contributed by atoms with Gasteiger partial charge in [-0.3, -0.25) is 10.1 Å². The third kappa shape index (κ3) is 3.08. The van der Waals surface area contributed by atoms with Crippen LogP contribution in [0.3, 0.4) is 0 Å². The number of hydrogen-bond acceptors (Lipinski definition) is 8. The highest BCUT2D eigenvalue weighted by atomic mass is 32.1. The number of nitrogens with one attached hydrogen (secondary N) is 2. The first kappa shape index (κ1) is 17.1. The molecular formula is C19H19N7OS. The summed E-state index contributed by atoms with van der Waals surface area (Å²) >= 11 is 1.67. The topological polar surface area (TPSA) is 91.8 Å². The Labute approximate surface area is 165 Å². The van der Waals surface area contributed by atoms with Crippen LogP contribution in [-0.4, -0.2) is 50.9 Å². The fourth-order valence-electron chi connectivity index (χ4n) is 3.38. The third-order valence-corrected chi connectivity index (χ3v) is 5.75. The molecule has 9 heteroatoms. The SMILES string of the molecule is C[C@@H]1COCCN1c1nc(Nc2cn[nH]c2)nc2c(-c3ccncc3)csc12. The van der Waals surface area contributed by atoms with Gasteiger partial charge in [-0.2, -0.15) is 10.1 Å². The first-order chi connectivity index (χ1) is 13.8. The number of hydrogen-bond donors (Lipinski definition) is 2. The Balaban J connectivity index is 1.67. The molecule has 1 fully saturated rings. The van der Waals surface area contributed by atoms with Crippen LogP contribution in [-0.2, 0) is 4.74 Å². The van der Waals surface area contributed by atoms with E-state index in [0.717, 1.165) is 39.4 Å². The molecule has 0 aliphatic carbocycles. The van der Waals surface area contributed by atoms with Gasteiger partial charge in [-0.05, 0) is 24.6 Å². The van der Waals surface area contributed by atoms with E-state index in [1.54, 1.807) is 36.1 Å². The number of nitrogens with zero attached hydrogens (tertiary/aromatic N) is 5. The van der Waals surface area contributed by atoms with Crippen LogP contribution in [0.1, 0.15) is 6.92 Å². The second-order valence-corrected chi connectivity index (χ2v) is 7.54. The van der Waals surface area contributed by atoms with Crippen LogP contribution < -0.4 is 10.2 Å². The lowest BCUT2D eigenvalue weighted by atomic mass is 10.1. The average molecular weight is 393 g/mol. The number of anilines is 3. The molecule has 2 N–H and O–H groups in total. The molecule has 5 rings (SSSR count).